The van der Waals surface area contributed by atoms with Crippen LogP contribution in [0.25, 0.3) is 21.9 Å². The molecular formula is C18H17F3N4O. The van der Waals surface area contributed by atoms with E-state index in [-0.39, 0.29) is 5.92 Å². The van der Waals surface area contributed by atoms with E-state index in [1.54, 1.807) is 18.6 Å². The van der Waals surface area contributed by atoms with E-state index in [2.05, 4.69) is 15.0 Å². The number of hydrogen-bond donors (Lipinski definition) is 1. The number of hydrogen-bond acceptors (Lipinski definition) is 3. The highest BCUT2D eigenvalue weighted by atomic mass is 19.4. The number of fused-ring (bicyclic) bond motifs is 3. The lowest BCUT2D eigenvalue weighted by atomic mass is 9.88. The van der Waals surface area contributed by atoms with Crippen molar-refractivity contribution < 1.29 is 18.0 Å². The lowest BCUT2D eigenvalue weighted by Gasteiger charge is -2.33. The van der Waals surface area contributed by atoms with Crippen molar-refractivity contribution in [2.45, 2.75) is 31.4 Å². The van der Waals surface area contributed by atoms with Crippen molar-refractivity contribution >= 4 is 27.8 Å². The standard InChI is InChI=1S/C18H17F3N4O/c19-18(20,21)8-15(26)25-7-1-2-11(10-25)12-3-5-22-14-9-24-17-13(16(12)14)4-6-23-17/h3-6,9,11,22H,1-2,7-8,10H2/t11-/m0/s1. The molecule has 0 spiro atoms. The van der Waals surface area contributed by atoms with Crippen LogP contribution in [0.15, 0.2) is 30.7 Å². The van der Waals surface area contributed by atoms with E-state index in [4.69, 9.17) is 0 Å². The average Bonchev–Trinajstić information content (AvgIpc) is 3.09. The summed E-state index contributed by atoms with van der Waals surface area (Å²) in [6.45, 7) is 0.670. The van der Waals surface area contributed by atoms with E-state index in [1.165, 1.54) is 4.90 Å². The number of aromatic amines is 1. The number of pyridine rings is 2. The topological polar surface area (TPSA) is 61.9 Å². The SMILES string of the molecule is O=C(CC(F)(F)F)N1CCC[C@H](c2cc[nH]c3cnc4nccc4c23)C1. The average molecular weight is 362 g/mol. The fourth-order valence-electron chi connectivity index (χ4n) is 3.77. The highest BCUT2D eigenvalue weighted by Crippen LogP contribution is 2.35. The first kappa shape index (κ1) is 16.8. The summed E-state index contributed by atoms with van der Waals surface area (Å²) in [6, 6.07) is 3.83. The van der Waals surface area contributed by atoms with Gasteiger partial charge in [-0.1, -0.05) is 0 Å². The summed E-state index contributed by atoms with van der Waals surface area (Å²) in [5, 5.41) is 1.89. The molecule has 4 heterocycles. The fourth-order valence-corrected chi connectivity index (χ4v) is 3.77. The van der Waals surface area contributed by atoms with Gasteiger partial charge in [-0.2, -0.15) is 13.2 Å². The number of rotatable bonds is 2. The Morgan fingerprint density at radius 3 is 2.96 bits per heavy atom. The zero-order valence-corrected chi connectivity index (χ0v) is 13.9. The Hall–Kier alpha value is -2.64. The molecule has 1 aliphatic heterocycles. The van der Waals surface area contributed by atoms with Crippen LogP contribution < -0.4 is 0 Å². The number of H-pyrrole nitrogens is 1. The highest BCUT2D eigenvalue weighted by molar-refractivity contribution is 6.05. The Bertz CT molecular complexity index is 966. The van der Waals surface area contributed by atoms with Crippen LogP contribution in [0.5, 0.6) is 0 Å². The Balaban J connectivity index is 1.69. The number of aromatic nitrogens is 3. The van der Waals surface area contributed by atoms with E-state index < -0.39 is 18.5 Å². The van der Waals surface area contributed by atoms with E-state index >= 15 is 0 Å². The maximum Gasteiger partial charge on any atom is 0.397 e. The minimum absolute atomic E-state index is 0.0152. The van der Waals surface area contributed by atoms with Gasteiger partial charge >= 0.3 is 6.18 Å². The third-order valence-corrected chi connectivity index (χ3v) is 4.89. The van der Waals surface area contributed by atoms with Crippen molar-refractivity contribution in [2.75, 3.05) is 13.1 Å². The lowest BCUT2D eigenvalue weighted by Crippen LogP contribution is -2.40. The van der Waals surface area contributed by atoms with Gasteiger partial charge in [-0.15, -0.1) is 0 Å². The van der Waals surface area contributed by atoms with Crippen LogP contribution >= 0.6 is 0 Å². The molecule has 1 fully saturated rings. The van der Waals surface area contributed by atoms with Crippen molar-refractivity contribution in [3.05, 3.63) is 36.3 Å². The number of nitrogens with zero attached hydrogens (tertiary/aromatic N) is 3. The molecule has 3 aromatic heterocycles. The number of nitrogens with one attached hydrogen (secondary N) is 1. The molecule has 0 saturated carbocycles. The van der Waals surface area contributed by atoms with Gasteiger partial charge in [0.15, 0.2) is 5.65 Å². The summed E-state index contributed by atoms with van der Waals surface area (Å²) in [7, 11) is 0. The zero-order chi connectivity index (χ0) is 18.3. The molecule has 0 aromatic carbocycles. The van der Waals surface area contributed by atoms with Crippen LogP contribution in [0.1, 0.15) is 30.7 Å². The second-order valence-electron chi connectivity index (χ2n) is 6.63. The van der Waals surface area contributed by atoms with Gasteiger partial charge in [0.25, 0.3) is 0 Å². The van der Waals surface area contributed by atoms with Crippen molar-refractivity contribution in [3.8, 4) is 0 Å². The first-order valence-corrected chi connectivity index (χ1v) is 8.47. The van der Waals surface area contributed by atoms with Crippen molar-refractivity contribution in [1.29, 1.82) is 0 Å². The molecule has 1 aliphatic rings. The van der Waals surface area contributed by atoms with Crippen LogP contribution in [-0.2, 0) is 4.79 Å². The Morgan fingerprint density at radius 1 is 1.31 bits per heavy atom. The number of carbonyl (C=O) groups excluding carboxylic acids is 1. The van der Waals surface area contributed by atoms with Gasteiger partial charge in [-0.05, 0) is 30.5 Å². The van der Waals surface area contributed by atoms with Crippen LogP contribution in [0.4, 0.5) is 13.2 Å². The second kappa shape index (κ2) is 6.26. The lowest BCUT2D eigenvalue weighted by molar-refractivity contribution is -0.162. The summed E-state index contributed by atoms with van der Waals surface area (Å²) in [6.07, 6.45) is 0.839. The first-order chi connectivity index (χ1) is 12.4. The minimum atomic E-state index is -4.47. The molecule has 4 rings (SSSR count). The zero-order valence-electron chi connectivity index (χ0n) is 13.9. The van der Waals surface area contributed by atoms with Crippen LogP contribution in [0.2, 0.25) is 0 Å². The van der Waals surface area contributed by atoms with Gasteiger partial charge in [0.2, 0.25) is 5.91 Å². The maximum atomic E-state index is 12.6. The number of likely N-dealkylation sites (tertiary alicyclic amines) is 1. The second-order valence-corrected chi connectivity index (χ2v) is 6.63. The number of piperidine rings is 1. The number of amides is 1. The van der Waals surface area contributed by atoms with Gasteiger partial charge in [-0.25, -0.2) is 9.97 Å². The molecule has 5 nitrogen and oxygen atoms in total. The van der Waals surface area contributed by atoms with Gasteiger partial charge < -0.3 is 9.88 Å². The Kier molecular flexibility index (Phi) is 4.05. The molecule has 0 unspecified atom stereocenters. The third-order valence-electron chi connectivity index (χ3n) is 4.89. The van der Waals surface area contributed by atoms with Crippen molar-refractivity contribution in [3.63, 3.8) is 0 Å². The van der Waals surface area contributed by atoms with Crippen LogP contribution in [-0.4, -0.2) is 45.0 Å². The number of halogens is 3. The molecule has 0 bridgehead atoms. The summed E-state index contributed by atoms with van der Waals surface area (Å²) in [4.78, 5) is 25.0. The summed E-state index contributed by atoms with van der Waals surface area (Å²) >= 11 is 0. The van der Waals surface area contributed by atoms with E-state index in [0.29, 0.717) is 25.2 Å². The third kappa shape index (κ3) is 3.11. The summed E-state index contributed by atoms with van der Waals surface area (Å²) in [5.41, 5.74) is 2.50. The molecule has 0 radical (unpaired) electrons. The van der Waals surface area contributed by atoms with Gasteiger partial charge in [-0.3, -0.25) is 4.79 Å². The highest BCUT2D eigenvalue weighted by Gasteiger charge is 2.35. The Labute approximate surface area is 147 Å². The van der Waals surface area contributed by atoms with E-state index in [1.807, 2.05) is 12.1 Å². The van der Waals surface area contributed by atoms with Crippen LogP contribution in [0, 0.1) is 0 Å². The normalized spacial score (nSPS) is 18.6. The monoisotopic (exact) mass is 362 g/mol. The number of alkyl halides is 3. The summed E-state index contributed by atoms with van der Waals surface area (Å²) < 4.78 is 37.7. The molecule has 26 heavy (non-hydrogen) atoms. The maximum absolute atomic E-state index is 12.6. The van der Waals surface area contributed by atoms with Crippen molar-refractivity contribution in [1.82, 2.24) is 19.9 Å². The molecule has 0 aliphatic carbocycles. The van der Waals surface area contributed by atoms with Crippen molar-refractivity contribution in [2.24, 2.45) is 0 Å². The summed E-state index contributed by atoms with van der Waals surface area (Å²) in [5.74, 6) is -0.866. The molecule has 1 saturated heterocycles. The molecule has 8 heteroatoms. The van der Waals surface area contributed by atoms with E-state index in [9.17, 15) is 18.0 Å². The predicted molar refractivity (Wildman–Crippen MR) is 90.6 cm³/mol. The van der Waals surface area contributed by atoms with Gasteiger partial charge in [0, 0.05) is 42.2 Å². The molecule has 1 amide bonds. The van der Waals surface area contributed by atoms with Crippen LogP contribution in [0.3, 0.4) is 0 Å². The molecule has 136 valence electrons. The Morgan fingerprint density at radius 2 is 2.15 bits per heavy atom. The number of carbonyl (C=O) groups is 1. The fraction of sp³-hybridized carbons (Fsp3) is 0.389. The molecular weight excluding hydrogens is 345 g/mol. The molecule has 3 aromatic rings. The smallest absolute Gasteiger partial charge is 0.360 e. The first-order valence-electron chi connectivity index (χ1n) is 8.47. The molecule has 1 atom stereocenters. The molecule has 1 N–H and O–H groups in total. The quantitative estimate of drug-likeness (QED) is 0.755. The van der Waals surface area contributed by atoms with Gasteiger partial charge in [0.05, 0.1) is 11.7 Å². The minimum Gasteiger partial charge on any atom is -0.360 e. The van der Waals surface area contributed by atoms with Gasteiger partial charge in [0.1, 0.15) is 6.42 Å². The largest absolute Gasteiger partial charge is 0.397 e. The predicted octanol–water partition coefficient (Wildman–Crippen LogP) is 3.77. The van der Waals surface area contributed by atoms with E-state index in [0.717, 1.165) is 28.3 Å².